The molecule has 0 spiro atoms. The van der Waals surface area contributed by atoms with Crippen LogP contribution in [0.1, 0.15) is 0 Å². The highest BCUT2D eigenvalue weighted by Gasteiger charge is 2.11. The zero-order chi connectivity index (χ0) is 14.6. The van der Waals surface area contributed by atoms with Crippen LogP contribution in [0.25, 0.3) is 32.3 Å². The molecule has 0 saturated heterocycles. The maximum Gasteiger partial charge on any atom is 0.0638 e. The van der Waals surface area contributed by atoms with E-state index in [1.54, 1.807) is 0 Å². The molecule has 0 unspecified atom stereocenters. The van der Waals surface area contributed by atoms with E-state index in [1.165, 1.54) is 26.9 Å². The molecule has 0 fully saturated rings. The molecule has 0 aliphatic rings. The van der Waals surface area contributed by atoms with E-state index in [2.05, 4.69) is 86.5 Å². The van der Waals surface area contributed by atoms with Gasteiger partial charge in [0, 0.05) is 9.86 Å². The molecule has 0 aromatic heterocycles. The molecule has 0 N–H and O–H groups in total. The summed E-state index contributed by atoms with van der Waals surface area (Å²) in [5.41, 5.74) is 0. The van der Waals surface area contributed by atoms with E-state index in [9.17, 15) is 0 Å². The predicted octanol–water partition coefficient (Wildman–Crippen LogP) is 7.32. The van der Waals surface area contributed by atoms with E-state index in [-0.39, 0.29) is 0 Å². The van der Waals surface area contributed by atoms with Gasteiger partial charge in [-0.1, -0.05) is 60.1 Å². The summed E-state index contributed by atoms with van der Waals surface area (Å²) in [5, 5.41) is 7.98. The Hall–Kier alpha value is -1.09. The maximum atomic E-state index is 6.47. The smallest absolute Gasteiger partial charge is 0.0638 e. The quantitative estimate of drug-likeness (QED) is 0.206. The normalized spacial score (nSPS) is 11.6. The first kappa shape index (κ1) is 13.6. The first-order valence-electron chi connectivity index (χ1n) is 6.54. The van der Waals surface area contributed by atoms with Crippen LogP contribution in [-0.2, 0) is 0 Å². The first-order chi connectivity index (χ1) is 10.2. The molecule has 0 aliphatic heterocycles. The van der Waals surface area contributed by atoms with Gasteiger partial charge in [0.05, 0.1) is 9.50 Å². The second-order valence-electron chi connectivity index (χ2n) is 5.03. The summed E-state index contributed by atoms with van der Waals surface area (Å²) in [6.07, 6.45) is 0. The number of halogens is 3. The molecule has 21 heavy (non-hydrogen) atoms. The third kappa shape index (κ3) is 2.01. The van der Waals surface area contributed by atoms with Crippen LogP contribution >= 0.6 is 43.5 Å². The number of benzene rings is 4. The first-order valence-corrected chi connectivity index (χ1v) is 8.51. The van der Waals surface area contributed by atoms with Crippen molar-refractivity contribution >= 4 is 75.8 Å². The molecule has 0 bridgehead atoms. The van der Waals surface area contributed by atoms with E-state index < -0.39 is 0 Å². The Balaban J connectivity index is 2.27. The molecule has 0 amide bonds. The molecule has 0 atom stereocenters. The Bertz CT molecular complexity index is 1020. The fraction of sp³-hybridized carbons (Fsp3) is 0. The molecule has 4 rings (SSSR count). The average molecular weight is 421 g/mol. The summed E-state index contributed by atoms with van der Waals surface area (Å²) in [6, 6.07) is 19.2. The van der Waals surface area contributed by atoms with Crippen LogP contribution in [0, 0.1) is 0 Å². The molecular weight excluding hydrogens is 411 g/mol. The monoisotopic (exact) mass is 418 g/mol. The Morgan fingerprint density at radius 3 is 2.19 bits per heavy atom. The van der Waals surface area contributed by atoms with Gasteiger partial charge in [-0.3, -0.25) is 0 Å². The van der Waals surface area contributed by atoms with Crippen LogP contribution < -0.4 is 0 Å². The Morgan fingerprint density at radius 2 is 1.33 bits per heavy atom. The zero-order valence-corrected chi connectivity index (χ0v) is 14.8. The summed E-state index contributed by atoms with van der Waals surface area (Å²) in [7, 11) is 0. The number of hydrogen-bond acceptors (Lipinski definition) is 0. The lowest BCUT2D eigenvalue weighted by molar-refractivity contribution is 1.66. The summed E-state index contributed by atoms with van der Waals surface area (Å²) in [4.78, 5) is 0. The van der Waals surface area contributed by atoms with Crippen molar-refractivity contribution in [2.75, 3.05) is 0 Å². The standard InChI is InChI=1S/C18H9Br2Cl/c19-16-9-15-13-6-5-10-3-1-2-4-11(10)12(13)7-8-14(15)18(21)17(16)20/h1-9H. The molecule has 0 nitrogen and oxygen atoms in total. The lowest BCUT2D eigenvalue weighted by Crippen LogP contribution is -1.83. The van der Waals surface area contributed by atoms with Gasteiger partial charge in [-0.05, 0) is 64.9 Å². The molecule has 102 valence electrons. The zero-order valence-electron chi connectivity index (χ0n) is 10.8. The molecule has 4 aromatic carbocycles. The van der Waals surface area contributed by atoms with Gasteiger partial charge in [0.1, 0.15) is 0 Å². The van der Waals surface area contributed by atoms with E-state index in [1.807, 2.05) is 0 Å². The van der Waals surface area contributed by atoms with Gasteiger partial charge in [-0.25, -0.2) is 0 Å². The van der Waals surface area contributed by atoms with Crippen molar-refractivity contribution in [1.29, 1.82) is 0 Å². The number of hydrogen-bond donors (Lipinski definition) is 0. The maximum absolute atomic E-state index is 6.47. The van der Waals surface area contributed by atoms with Crippen LogP contribution in [-0.4, -0.2) is 0 Å². The molecule has 0 saturated carbocycles. The second-order valence-corrected chi connectivity index (χ2v) is 7.05. The third-order valence-corrected chi connectivity index (χ3v) is 6.48. The van der Waals surface area contributed by atoms with Crippen LogP contribution in [0.5, 0.6) is 0 Å². The fourth-order valence-electron chi connectivity index (χ4n) is 2.87. The minimum Gasteiger partial charge on any atom is -0.0824 e. The average Bonchev–Trinajstić information content (AvgIpc) is 2.52. The molecular formula is C18H9Br2Cl. The van der Waals surface area contributed by atoms with Crippen molar-refractivity contribution in [3.63, 3.8) is 0 Å². The van der Waals surface area contributed by atoms with E-state index in [4.69, 9.17) is 11.6 Å². The van der Waals surface area contributed by atoms with Crippen LogP contribution in [0.4, 0.5) is 0 Å². The highest BCUT2D eigenvalue weighted by Crippen LogP contribution is 2.40. The highest BCUT2D eigenvalue weighted by atomic mass is 79.9. The van der Waals surface area contributed by atoms with Gasteiger partial charge in [0.15, 0.2) is 0 Å². The largest absolute Gasteiger partial charge is 0.0824 e. The fourth-order valence-corrected chi connectivity index (χ4v) is 4.01. The predicted molar refractivity (Wildman–Crippen MR) is 99.4 cm³/mol. The third-order valence-electron chi connectivity index (χ3n) is 3.88. The van der Waals surface area contributed by atoms with Crippen molar-refractivity contribution in [3.8, 4) is 0 Å². The number of fused-ring (bicyclic) bond motifs is 5. The second kappa shape index (κ2) is 4.98. The number of rotatable bonds is 0. The summed E-state index contributed by atoms with van der Waals surface area (Å²) >= 11 is 13.6. The van der Waals surface area contributed by atoms with Crippen molar-refractivity contribution in [2.24, 2.45) is 0 Å². The Kier molecular flexibility index (Phi) is 3.21. The topological polar surface area (TPSA) is 0 Å². The van der Waals surface area contributed by atoms with Gasteiger partial charge in [-0.15, -0.1) is 0 Å². The molecule has 0 heterocycles. The molecule has 0 aliphatic carbocycles. The van der Waals surface area contributed by atoms with E-state index in [0.717, 1.165) is 19.4 Å². The Labute approximate surface area is 144 Å². The van der Waals surface area contributed by atoms with E-state index in [0.29, 0.717) is 0 Å². The summed E-state index contributed by atoms with van der Waals surface area (Å²) < 4.78 is 1.87. The summed E-state index contributed by atoms with van der Waals surface area (Å²) in [6.45, 7) is 0. The van der Waals surface area contributed by atoms with Gasteiger partial charge in [0.25, 0.3) is 0 Å². The van der Waals surface area contributed by atoms with Crippen LogP contribution in [0.15, 0.2) is 63.5 Å². The lowest BCUT2D eigenvalue weighted by Gasteiger charge is -2.10. The lowest BCUT2D eigenvalue weighted by atomic mass is 9.97. The molecule has 4 aromatic rings. The molecule has 0 radical (unpaired) electrons. The van der Waals surface area contributed by atoms with Gasteiger partial charge in [-0.2, -0.15) is 0 Å². The minimum atomic E-state index is 0.745. The highest BCUT2D eigenvalue weighted by molar-refractivity contribution is 9.13. The van der Waals surface area contributed by atoms with Crippen molar-refractivity contribution in [3.05, 3.63) is 68.6 Å². The van der Waals surface area contributed by atoms with Gasteiger partial charge >= 0.3 is 0 Å². The van der Waals surface area contributed by atoms with Crippen molar-refractivity contribution in [1.82, 2.24) is 0 Å². The van der Waals surface area contributed by atoms with Crippen LogP contribution in [0.3, 0.4) is 0 Å². The van der Waals surface area contributed by atoms with E-state index >= 15 is 0 Å². The van der Waals surface area contributed by atoms with Crippen molar-refractivity contribution in [2.45, 2.75) is 0 Å². The molecule has 3 heteroatoms. The van der Waals surface area contributed by atoms with Crippen LogP contribution in [0.2, 0.25) is 5.02 Å². The SMILES string of the molecule is Clc1c(Br)c(Br)cc2c1ccc1c3ccccc3ccc21. The van der Waals surface area contributed by atoms with Gasteiger partial charge < -0.3 is 0 Å². The summed E-state index contributed by atoms with van der Waals surface area (Å²) in [5.74, 6) is 0. The van der Waals surface area contributed by atoms with Gasteiger partial charge in [0.2, 0.25) is 0 Å². The van der Waals surface area contributed by atoms with Crippen molar-refractivity contribution < 1.29 is 0 Å². The Morgan fingerprint density at radius 1 is 0.667 bits per heavy atom. The minimum absolute atomic E-state index is 0.745.